The van der Waals surface area contributed by atoms with Crippen LogP contribution in [0.25, 0.3) is 0 Å². The standard InChI is InChI=1S/C22H33N3O3/c1-20(2,3)28-19(27)25-6-4-22(14-23,5-7-25)24-18(26)21-11-15-8-16(12-21)10-17(9-15)13-21/h15-17H,4-13H2,1-3H3,(H,24,26). The van der Waals surface area contributed by atoms with Crippen molar-refractivity contribution in [2.45, 2.75) is 83.3 Å². The third-order valence-electron chi connectivity index (χ3n) is 7.36. The number of carbonyl (C=O) groups excluding carboxylic acids is 2. The minimum absolute atomic E-state index is 0.0962. The Balaban J connectivity index is 1.40. The number of nitrogens with zero attached hydrogens (tertiary/aromatic N) is 2. The van der Waals surface area contributed by atoms with Gasteiger partial charge in [0.1, 0.15) is 11.1 Å². The van der Waals surface area contributed by atoms with E-state index in [0.717, 1.165) is 19.3 Å². The number of piperidine rings is 1. The summed E-state index contributed by atoms with van der Waals surface area (Å²) in [4.78, 5) is 27.3. The van der Waals surface area contributed by atoms with Crippen LogP contribution in [0.3, 0.4) is 0 Å². The minimum atomic E-state index is -0.862. The zero-order valence-corrected chi connectivity index (χ0v) is 17.4. The largest absolute Gasteiger partial charge is 0.444 e. The molecule has 0 radical (unpaired) electrons. The molecule has 1 N–H and O–H groups in total. The number of hydrogen-bond acceptors (Lipinski definition) is 4. The lowest BCUT2D eigenvalue weighted by molar-refractivity contribution is -0.148. The number of nitriles is 1. The average Bonchev–Trinajstić information content (AvgIpc) is 2.59. The van der Waals surface area contributed by atoms with Crippen molar-refractivity contribution in [3.8, 4) is 6.07 Å². The summed E-state index contributed by atoms with van der Waals surface area (Å²) >= 11 is 0. The summed E-state index contributed by atoms with van der Waals surface area (Å²) in [6, 6.07) is 2.38. The number of carbonyl (C=O) groups is 2. The van der Waals surface area contributed by atoms with Crippen LogP contribution in [0, 0.1) is 34.5 Å². The molecule has 4 saturated carbocycles. The molecule has 1 saturated heterocycles. The van der Waals surface area contributed by atoms with Gasteiger partial charge in [0, 0.05) is 25.9 Å². The Morgan fingerprint density at radius 2 is 1.54 bits per heavy atom. The lowest BCUT2D eigenvalue weighted by atomic mass is 9.49. The Bertz CT molecular complexity index is 660. The maximum atomic E-state index is 13.4. The Morgan fingerprint density at radius 1 is 1.04 bits per heavy atom. The van der Waals surface area contributed by atoms with Gasteiger partial charge in [0.25, 0.3) is 0 Å². The number of likely N-dealkylation sites (tertiary alicyclic amines) is 1. The maximum Gasteiger partial charge on any atom is 0.410 e. The van der Waals surface area contributed by atoms with Gasteiger partial charge in [-0.2, -0.15) is 5.26 Å². The van der Waals surface area contributed by atoms with Gasteiger partial charge < -0.3 is 15.0 Å². The van der Waals surface area contributed by atoms with Crippen LogP contribution in [0.1, 0.15) is 72.1 Å². The zero-order chi connectivity index (χ0) is 20.2. The average molecular weight is 388 g/mol. The van der Waals surface area contributed by atoms with Crippen molar-refractivity contribution in [2.75, 3.05) is 13.1 Å². The molecule has 4 bridgehead atoms. The number of hydrogen-bond donors (Lipinski definition) is 1. The van der Waals surface area contributed by atoms with E-state index in [1.165, 1.54) is 19.3 Å². The second kappa shape index (κ2) is 6.64. The van der Waals surface area contributed by atoms with Crippen LogP contribution in [-0.4, -0.2) is 41.1 Å². The molecular weight excluding hydrogens is 354 g/mol. The molecule has 28 heavy (non-hydrogen) atoms. The van der Waals surface area contributed by atoms with Crippen LogP contribution in [0.4, 0.5) is 4.79 Å². The second-order valence-electron chi connectivity index (χ2n) is 10.8. The molecule has 0 spiro atoms. The molecule has 0 aromatic heterocycles. The highest BCUT2D eigenvalue weighted by atomic mass is 16.6. The first-order valence-electron chi connectivity index (χ1n) is 10.8. The molecule has 2 amide bonds. The van der Waals surface area contributed by atoms with Gasteiger partial charge in [-0.25, -0.2) is 4.79 Å². The van der Waals surface area contributed by atoms with Crippen molar-refractivity contribution in [1.29, 1.82) is 5.26 Å². The van der Waals surface area contributed by atoms with Crippen LogP contribution in [0.15, 0.2) is 0 Å². The summed E-state index contributed by atoms with van der Waals surface area (Å²) in [7, 11) is 0. The van der Waals surface area contributed by atoms with E-state index in [1.54, 1.807) is 4.90 Å². The summed E-state index contributed by atoms with van der Waals surface area (Å²) in [5.41, 5.74) is -1.65. The monoisotopic (exact) mass is 387 g/mol. The maximum absolute atomic E-state index is 13.4. The van der Waals surface area contributed by atoms with E-state index in [2.05, 4.69) is 11.4 Å². The lowest BCUT2D eigenvalue weighted by Gasteiger charge is -2.56. The van der Waals surface area contributed by atoms with E-state index >= 15 is 0 Å². The second-order valence-corrected chi connectivity index (χ2v) is 10.8. The highest BCUT2D eigenvalue weighted by Crippen LogP contribution is 2.60. The van der Waals surface area contributed by atoms with Crippen molar-refractivity contribution in [3.05, 3.63) is 0 Å². The van der Waals surface area contributed by atoms with E-state index < -0.39 is 11.1 Å². The molecule has 154 valence electrons. The van der Waals surface area contributed by atoms with E-state index in [9.17, 15) is 14.9 Å². The van der Waals surface area contributed by atoms with Gasteiger partial charge in [0.15, 0.2) is 0 Å². The van der Waals surface area contributed by atoms with Crippen molar-refractivity contribution in [3.63, 3.8) is 0 Å². The van der Waals surface area contributed by atoms with Crippen LogP contribution in [0.5, 0.6) is 0 Å². The predicted molar refractivity (Wildman–Crippen MR) is 104 cm³/mol. The fourth-order valence-corrected chi connectivity index (χ4v) is 6.40. The van der Waals surface area contributed by atoms with E-state index in [1.807, 2.05) is 20.8 Å². The SMILES string of the molecule is CC(C)(C)OC(=O)N1CCC(C#N)(NC(=O)C23CC4CC(CC(C4)C2)C3)CC1. The summed E-state index contributed by atoms with van der Waals surface area (Å²) < 4.78 is 5.44. The molecule has 1 aliphatic heterocycles. The highest BCUT2D eigenvalue weighted by Gasteiger charge is 2.55. The van der Waals surface area contributed by atoms with Crippen LogP contribution in [0.2, 0.25) is 0 Å². The molecule has 5 rings (SSSR count). The molecular formula is C22H33N3O3. The number of nitrogens with one attached hydrogen (secondary N) is 1. The third kappa shape index (κ3) is 3.60. The van der Waals surface area contributed by atoms with Crippen LogP contribution >= 0.6 is 0 Å². The summed E-state index contributed by atoms with van der Waals surface area (Å²) in [5.74, 6) is 2.19. The molecule has 1 heterocycles. The Morgan fingerprint density at radius 3 is 1.96 bits per heavy atom. The lowest BCUT2D eigenvalue weighted by Crippen LogP contribution is -2.61. The van der Waals surface area contributed by atoms with Gasteiger partial charge in [-0.15, -0.1) is 0 Å². The Hall–Kier alpha value is -1.77. The summed E-state index contributed by atoms with van der Waals surface area (Å²) in [5, 5.41) is 13.1. The van der Waals surface area contributed by atoms with Gasteiger partial charge in [-0.3, -0.25) is 4.79 Å². The molecule has 5 aliphatic rings. The Labute approximate surface area is 168 Å². The van der Waals surface area contributed by atoms with Gasteiger partial charge in [-0.05, 0) is 77.0 Å². The first-order chi connectivity index (χ1) is 13.1. The van der Waals surface area contributed by atoms with Crippen molar-refractivity contribution in [1.82, 2.24) is 10.2 Å². The normalized spacial score (nSPS) is 35.9. The molecule has 0 aromatic carbocycles. The minimum Gasteiger partial charge on any atom is -0.444 e. The quantitative estimate of drug-likeness (QED) is 0.785. The first kappa shape index (κ1) is 19.5. The molecule has 6 nitrogen and oxygen atoms in total. The van der Waals surface area contributed by atoms with Gasteiger partial charge in [0.2, 0.25) is 5.91 Å². The Kier molecular flexibility index (Phi) is 4.63. The highest BCUT2D eigenvalue weighted by molar-refractivity contribution is 5.84. The molecule has 0 unspecified atom stereocenters. The van der Waals surface area contributed by atoms with E-state index in [-0.39, 0.29) is 17.4 Å². The van der Waals surface area contributed by atoms with Gasteiger partial charge >= 0.3 is 6.09 Å². The van der Waals surface area contributed by atoms with E-state index in [4.69, 9.17) is 4.74 Å². The van der Waals surface area contributed by atoms with Crippen LogP contribution in [-0.2, 0) is 9.53 Å². The number of ether oxygens (including phenoxy) is 1. The van der Waals surface area contributed by atoms with Crippen molar-refractivity contribution >= 4 is 12.0 Å². The zero-order valence-electron chi connectivity index (χ0n) is 17.4. The predicted octanol–water partition coefficient (Wildman–Crippen LogP) is 3.61. The molecule has 5 fully saturated rings. The van der Waals surface area contributed by atoms with Crippen LogP contribution < -0.4 is 5.32 Å². The fourth-order valence-electron chi connectivity index (χ4n) is 6.40. The molecule has 6 heteroatoms. The molecule has 0 aromatic rings. The molecule has 0 atom stereocenters. The number of amides is 2. The van der Waals surface area contributed by atoms with Gasteiger partial charge in [-0.1, -0.05) is 0 Å². The number of rotatable bonds is 2. The first-order valence-corrected chi connectivity index (χ1v) is 10.8. The summed E-state index contributed by atoms with van der Waals surface area (Å²) in [6.07, 6.45) is 7.44. The molecule has 4 aliphatic carbocycles. The fraction of sp³-hybridized carbons (Fsp3) is 0.864. The van der Waals surface area contributed by atoms with Crippen molar-refractivity contribution < 1.29 is 14.3 Å². The van der Waals surface area contributed by atoms with Gasteiger partial charge in [0.05, 0.1) is 11.5 Å². The third-order valence-corrected chi connectivity index (χ3v) is 7.36. The topological polar surface area (TPSA) is 82.4 Å². The smallest absolute Gasteiger partial charge is 0.410 e. The van der Waals surface area contributed by atoms with E-state index in [0.29, 0.717) is 43.7 Å². The van der Waals surface area contributed by atoms with Crippen molar-refractivity contribution in [2.24, 2.45) is 23.2 Å². The summed E-state index contributed by atoms with van der Waals surface area (Å²) in [6.45, 7) is 6.41.